The standard InChI is InChI=1S/C16H22BrClN2/c17-13-5-6-15(18)14(11-13)16(12-3-1-2-4-12)20-9-7-19-8-10-20/h5-6,11-12,16,19H,1-4,7-10H2/t16-/m1/s1. The first-order valence-electron chi connectivity index (χ1n) is 7.65. The first kappa shape index (κ1) is 14.8. The third-order valence-electron chi connectivity index (χ3n) is 4.67. The van der Waals surface area contributed by atoms with E-state index in [0.717, 1.165) is 41.6 Å². The third-order valence-corrected chi connectivity index (χ3v) is 5.51. The molecule has 1 aromatic rings. The normalized spacial score (nSPS) is 23.1. The zero-order chi connectivity index (χ0) is 13.9. The van der Waals surface area contributed by atoms with Gasteiger partial charge in [-0.2, -0.15) is 0 Å². The van der Waals surface area contributed by atoms with Gasteiger partial charge in [-0.05, 0) is 42.5 Å². The SMILES string of the molecule is Clc1ccc(Br)cc1[C@@H](C1CCCC1)N1CCNCC1. The average Bonchev–Trinajstić information content (AvgIpc) is 2.98. The zero-order valence-corrected chi connectivity index (χ0v) is 14.1. The Balaban J connectivity index is 1.92. The average molecular weight is 358 g/mol. The highest BCUT2D eigenvalue weighted by Gasteiger charge is 2.33. The molecule has 2 aliphatic rings. The molecule has 0 unspecified atom stereocenters. The molecule has 4 heteroatoms. The van der Waals surface area contributed by atoms with Gasteiger partial charge in [-0.1, -0.05) is 40.4 Å². The van der Waals surface area contributed by atoms with Gasteiger partial charge >= 0.3 is 0 Å². The van der Waals surface area contributed by atoms with Gasteiger partial charge in [0.25, 0.3) is 0 Å². The summed E-state index contributed by atoms with van der Waals surface area (Å²) in [5.74, 6) is 0.764. The molecule has 1 aliphatic carbocycles. The van der Waals surface area contributed by atoms with E-state index in [9.17, 15) is 0 Å². The number of hydrogen-bond acceptors (Lipinski definition) is 2. The molecule has 2 nitrogen and oxygen atoms in total. The van der Waals surface area contributed by atoms with Crippen molar-refractivity contribution in [3.05, 3.63) is 33.3 Å². The van der Waals surface area contributed by atoms with Crippen molar-refractivity contribution < 1.29 is 0 Å². The van der Waals surface area contributed by atoms with Crippen LogP contribution in [0.15, 0.2) is 22.7 Å². The summed E-state index contributed by atoms with van der Waals surface area (Å²) in [4.78, 5) is 2.64. The summed E-state index contributed by atoms with van der Waals surface area (Å²) in [6.07, 6.45) is 5.44. The number of rotatable bonds is 3. The second-order valence-electron chi connectivity index (χ2n) is 5.94. The van der Waals surface area contributed by atoms with Crippen molar-refractivity contribution in [3.63, 3.8) is 0 Å². The fourth-order valence-corrected chi connectivity index (χ4v) is 4.33. The van der Waals surface area contributed by atoms with E-state index in [-0.39, 0.29) is 0 Å². The molecule has 1 saturated carbocycles. The van der Waals surface area contributed by atoms with Crippen molar-refractivity contribution in [2.75, 3.05) is 26.2 Å². The molecule has 20 heavy (non-hydrogen) atoms. The summed E-state index contributed by atoms with van der Waals surface area (Å²) in [7, 11) is 0. The van der Waals surface area contributed by atoms with Crippen LogP contribution in [0.1, 0.15) is 37.3 Å². The fourth-order valence-electron chi connectivity index (χ4n) is 3.72. The van der Waals surface area contributed by atoms with E-state index in [4.69, 9.17) is 11.6 Å². The van der Waals surface area contributed by atoms with E-state index in [2.05, 4.69) is 32.2 Å². The second kappa shape index (κ2) is 6.78. The minimum Gasteiger partial charge on any atom is -0.314 e. The Hall–Kier alpha value is -0.0900. The van der Waals surface area contributed by atoms with Crippen LogP contribution in [0, 0.1) is 5.92 Å². The van der Waals surface area contributed by atoms with E-state index >= 15 is 0 Å². The maximum absolute atomic E-state index is 6.53. The van der Waals surface area contributed by atoms with Crippen molar-refractivity contribution in [3.8, 4) is 0 Å². The molecule has 1 N–H and O–H groups in total. The minimum absolute atomic E-state index is 0.490. The van der Waals surface area contributed by atoms with Crippen LogP contribution in [0.4, 0.5) is 0 Å². The first-order valence-corrected chi connectivity index (χ1v) is 8.82. The molecular formula is C16H22BrClN2. The zero-order valence-electron chi connectivity index (χ0n) is 11.7. The summed E-state index contributed by atoms with van der Waals surface area (Å²) in [6, 6.07) is 6.79. The predicted octanol–water partition coefficient (Wildman–Crippen LogP) is 4.24. The number of benzene rings is 1. The van der Waals surface area contributed by atoms with Crippen LogP contribution in [-0.4, -0.2) is 31.1 Å². The molecule has 1 aromatic carbocycles. The molecular weight excluding hydrogens is 336 g/mol. The summed E-state index contributed by atoms with van der Waals surface area (Å²) >= 11 is 10.1. The maximum atomic E-state index is 6.53. The molecule has 1 heterocycles. The highest BCUT2D eigenvalue weighted by Crippen LogP contribution is 2.42. The molecule has 0 amide bonds. The van der Waals surface area contributed by atoms with E-state index in [0.29, 0.717) is 6.04 Å². The molecule has 0 radical (unpaired) electrons. The lowest BCUT2D eigenvalue weighted by atomic mass is 9.89. The second-order valence-corrected chi connectivity index (χ2v) is 7.26. The molecule has 0 aromatic heterocycles. The lowest BCUT2D eigenvalue weighted by Crippen LogP contribution is -2.46. The van der Waals surface area contributed by atoms with Crippen molar-refractivity contribution in [1.82, 2.24) is 10.2 Å². The maximum Gasteiger partial charge on any atom is 0.0454 e. The Morgan fingerprint density at radius 2 is 1.90 bits per heavy atom. The van der Waals surface area contributed by atoms with Crippen LogP contribution in [0.5, 0.6) is 0 Å². The summed E-state index contributed by atoms with van der Waals surface area (Å²) < 4.78 is 1.13. The Morgan fingerprint density at radius 1 is 1.20 bits per heavy atom. The lowest BCUT2D eigenvalue weighted by molar-refractivity contribution is 0.125. The molecule has 1 aliphatic heterocycles. The fraction of sp³-hybridized carbons (Fsp3) is 0.625. The molecule has 0 spiro atoms. The number of nitrogens with one attached hydrogen (secondary N) is 1. The van der Waals surface area contributed by atoms with Gasteiger partial charge in [-0.3, -0.25) is 4.90 Å². The monoisotopic (exact) mass is 356 g/mol. The van der Waals surface area contributed by atoms with Crippen molar-refractivity contribution in [1.29, 1.82) is 0 Å². The number of halogens is 2. The topological polar surface area (TPSA) is 15.3 Å². The smallest absolute Gasteiger partial charge is 0.0454 e. The van der Waals surface area contributed by atoms with E-state index in [1.54, 1.807) is 0 Å². The van der Waals surface area contributed by atoms with Gasteiger partial charge in [0.15, 0.2) is 0 Å². The molecule has 2 fully saturated rings. The van der Waals surface area contributed by atoms with Crippen molar-refractivity contribution >= 4 is 27.5 Å². The van der Waals surface area contributed by atoms with Gasteiger partial charge in [0, 0.05) is 41.7 Å². The molecule has 1 saturated heterocycles. The van der Waals surface area contributed by atoms with Crippen LogP contribution >= 0.6 is 27.5 Å². The van der Waals surface area contributed by atoms with Gasteiger partial charge in [0.1, 0.15) is 0 Å². The van der Waals surface area contributed by atoms with Crippen molar-refractivity contribution in [2.24, 2.45) is 5.92 Å². The van der Waals surface area contributed by atoms with Gasteiger partial charge < -0.3 is 5.32 Å². The number of hydrogen-bond donors (Lipinski definition) is 1. The van der Waals surface area contributed by atoms with Gasteiger partial charge in [0.2, 0.25) is 0 Å². The molecule has 0 bridgehead atoms. The summed E-state index contributed by atoms with van der Waals surface area (Å²) in [6.45, 7) is 4.44. The quantitative estimate of drug-likeness (QED) is 0.870. The van der Waals surface area contributed by atoms with Crippen LogP contribution in [-0.2, 0) is 0 Å². The van der Waals surface area contributed by atoms with Gasteiger partial charge in [-0.25, -0.2) is 0 Å². The van der Waals surface area contributed by atoms with Crippen LogP contribution in [0.25, 0.3) is 0 Å². The molecule has 110 valence electrons. The largest absolute Gasteiger partial charge is 0.314 e. The molecule has 3 rings (SSSR count). The van der Waals surface area contributed by atoms with Crippen LogP contribution in [0.2, 0.25) is 5.02 Å². The van der Waals surface area contributed by atoms with E-state index in [1.807, 2.05) is 12.1 Å². The highest BCUT2D eigenvalue weighted by molar-refractivity contribution is 9.10. The lowest BCUT2D eigenvalue weighted by Gasteiger charge is -2.39. The summed E-state index contributed by atoms with van der Waals surface area (Å²) in [5.41, 5.74) is 1.31. The van der Waals surface area contributed by atoms with Crippen LogP contribution < -0.4 is 5.32 Å². The third kappa shape index (κ3) is 3.22. The summed E-state index contributed by atoms with van der Waals surface area (Å²) in [5, 5.41) is 4.37. The molecule has 1 atom stereocenters. The number of nitrogens with zero attached hydrogens (tertiary/aromatic N) is 1. The Labute approximate surface area is 135 Å². The Morgan fingerprint density at radius 3 is 2.60 bits per heavy atom. The minimum atomic E-state index is 0.490. The first-order chi connectivity index (χ1) is 9.75. The van der Waals surface area contributed by atoms with E-state index in [1.165, 1.54) is 31.2 Å². The predicted molar refractivity (Wildman–Crippen MR) is 88.3 cm³/mol. The van der Waals surface area contributed by atoms with Crippen molar-refractivity contribution in [2.45, 2.75) is 31.7 Å². The van der Waals surface area contributed by atoms with Gasteiger partial charge in [-0.15, -0.1) is 0 Å². The van der Waals surface area contributed by atoms with Crippen LogP contribution in [0.3, 0.4) is 0 Å². The van der Waals surface area contributed by atoms with E-state index < -0.39 is 0 Å². The highest BCUT2D eigenvalue weighted by atomic mass is 79.9. The van der Waals surface area contributed by atoms with Gasteiger partial charge in [0.05, 0.1) is 0 Å². The number of piperazine rings is 1. The Bertz CT molecular complexity index is 454. The Kier molecular flexibility index (Phi) is 5.03.